The Morgan fingerprint density at radius 1 is 1.53 bits per heavy atom. The van der Waals surface area contributed by atoms with Gasteiger partial charge in [-0.15, -0.1) is 0 Å². The van der Waals surface area contributed by atoms with Crippen molar-refractivity contribution in [3.05, 3.63) is 11.8 Å². The summed E-state index contributed by atoms with van der Waals surface area (Å²) in [5, 5.41) is 3.12. The molecule has 0 fully saturated rings. The third-order valence-corrected chi connectivity index (χ3v) is 2.95. The van der Waals surface area contributed by atoms with Gasteiger partial charge < -0.3 is 10.1 Å². The van der Waals surface area contributed by atoms with Crippen LogP contribution in [0.15, 0.2) is 6.07 Å². The molecule has 0 aliphatic rings. The van der Waals surface area contributed by atoms with Gasteiger partial charge in [-0.1, -0.05) is 0 Å². The summed E-state index contributed by atoms with van der Waals surface area (Å²) in [6, 6.07) is 1.86. The van der Waals surface area contributed by atoms with Crippen LogP contribution in [0.3, 0.4) is 0 Å². The summed E-state index contributed by atoms with van der Waals surface area (Å²) >= 11 is 0. The Kier molecular flexibility index (Phi) is 5.34. The zero-order valence-corrected chi connectivity index (χ0v) is 11.5. The van der Waals surface area contributed by atoms with Crippen molar-refractivity contribution in [1.29, 1.82) is 0 Å². The molecule has 0 amide bonds. The van der Waals surface area contributed by atoms with Crippen molar-refractivity contribution in [3.8, 4) is 5.88 Å². The Balaban J connectivity index is 2.72. The van der Waals surface area contributed by atoms with E-state index in [9.17, 15) is 4.21 Å². The summed E-state index contributed by atoms with van der Waals surface area (Å²) in [5.74, 6) is 1.65. The summed E-state index contributed by atoms with van der Waals surface area (Å²) in [7, 11) is -0.833. The quantitative estimate of drug-likeness (QED) is 0.833. The van der Waals surface area contributed by atoms with E-state index in [-0.39, 0.29) is 6.04 Å². The van der Waals surface area contributed by atoms with Crippen molar-refractivity contribution >= 4 is 16.7 Å². The van der Waals surface area contributed by atoms with Gasteiger partial charge in [-0.2, -0.15) is 4.98 Å². The molecule has 1 aromatic rings. The van der Waals surface area contributed by atoms with Crippen molar-refractivity contribution in [2.75, 3.05) is 23.9 Å². The number of aryl methyl sites for hydroxylation is 1. The van der Waals surface area contributed by atoms with Crippen LogP contribution in [0.5, 0.6) is 5.88 Å². The van der Waals surface area contributed by atoms with Crippen LogP contribution in [0.1, 0.15) is 19.5 Å². The summed E-state index contributed by atoms with van der Waals surface area (Å²) in [4.78, 5) is 8.49. The Morgan fingerprint density at radius 3 is 2.82 bits per heavy atom. The molecule has 0 spiro atoms. The van der Waals surface area contributed by atoms with E-state index in [1.807, 2.05) is 20.8 Å². The second kappa shape index (κ2) is 6.54. The van der Waals surface area contributed by atoms with Gasteiger partial charge in [0.2, 0.25) is 11.8 Å². The lowest BCUT2D eigenvalue weighted by molar-refractivity contribution is 0.326. The van der Waals surface area contributed by atoms with Crippen LogP contribution in [-0.2, 0) is 10.8 Å². The highest BCUT2D eigenvalue weighted by atomic mass is 32.2. The fourth-order valence-electron chi connectivity index (χ4n) is 1.44. The average molecular weight is 257 g/mol. The zero-order valence-electron chi connectivity index (χ0n) is 10.7. The van der Waals surface area contributed by atoms with Crippen molar-refractivity contribution in [1.82, 2.24) is 9.97 Å². The minimum Gasteiger partial charge on any atom is -0.478 e. The molecule has 1 N–H and O–H groups in total. The zero-order chi connectivity index (χ0) is 12.8. The Bertz CT molecular complexity index is 398. The second-order valence-corrected chi connectivity index (χ2v) is 5.37. The topological polar surface area (TPSA) is 64.1 Å². The first-order valence-electron chi connectivity index (χ1n) is 5.56. The standard InChI is InChI=1S/C11H19N3O2S/c1-5-16-10-6-8(2)12-11(14-10)13-9(3)7-17(4)15/h6,9H,5,7H2,1-4H3,(H,12,13,14). The number of nitrogens with one attached hydrogen (secondary N) is 1. The molecule has 96 valence electrons. The van der Waals surface area contributed by atoms with Crippen LogP contribution in [0.4, 0.5) is 5.95 Å². The van der Waals surface area contributed by atoms with Gasteiger partial charge in [0.1, 0.15) is 0 Å². The highest BCUT2D eigenvalue weighted by molar-refractivity contribution is 7.84. The molecule has 1 rings (SSSR count). The molecule has 6 heteroatoms. The van der Waals surface area contributed by atoms with Crippen LogP contribution in [0.25, 0.3) is 0 Å². The molecule has 0 aliphatic carbocycles. The maximum atomic E-state index is 11.1. The summed E-state index contributed by atoms with van der Waals surface area (Å²) in [6.07, 6.45) is 1.68. The fraction of sp³-hybridized carbons (Fsp3) is 0.636. The van der Waals surface area contributed by atoms with E-state index in [4.69, 9.17) is 4.74 Å². The summed E-state index contributed by atoms with van der Waals surface area (Å²) < 4.78 is 16.4. The minimum absolute atomic E-state index is 0.0668. The third kappa shape index (κ3) is 5.12. The van der Waals surface area contributed by atoms with Gasteiger partial charge in [0.15, 0.2) is 0 Å². The van der Waals surface area contributed by atoms with Crippen molar-refractivity contribution in [2.45, 2.75) is 26.8 Å². The molecule has 2 unspecified atom stereocenters. The van der Waals surface area contributed by atoms with E-state index < -0.39 is 10.8 Å². The summed E-state index contributed by atoms with van der Waals surface area (Å²) in [5.41, 5.74) is 0.843. The van der Waals surface area contributed by atoms with Crippen LogP contribution in [0.2, 0.25) is 0 Å². The van der Waals surface area contributed by atoms with Gasteiger partial charge in [0.05, 0.1) is 6.61 Å². The molecule has 0 radical (unpaired) electrons. The maximum Gasteiger partial charge on any atom is 0.226 e. The lowest BCUT2D eigenvalue weighted by Gasteiger charge is -2.13. The molecule has 0 saturated carbocycles. The number of ether oxygens (including phenoxy) is 1. The SMILES string of the molecule is CCOc1cc(C)nc(NC(C)CS(C)=O)n1. The van der Waals surface area contributed by atoms with Crippen molar-refractivity contribution in [2.24, 2.45) is 0 Å². The van der Waals surface area contributed by atoms with E-state index in [0.29, 0.717) is 24.2 Å². The van der Waals surface area contributed by atoms with Gasteiger partial charge >= 0.3 is 0 Å². The monoisotopic (exact) mass is 257 g/mol. The van der Waals surface area contributed by atoms with Gasteiger partial charge in [-0.3, -0.25) is 4.21 Å². The lowest BCUT2D eigenvalue weighted by Crippen LogP contribution is -2.23. The van der Waals surface area contributed by atoms with Crippen LogP contribution in [-0.4, -0.2) is 38.8 Å². The normalized spacial score (nSPS) is 14.1. The largest absolute Gasteiger partial charge is 0.478 e. The smallest absolute Gasteiger partial charge is 0.226 e. The first kappa shape index (κ1) is 13.9. The molecule has 0 bridgehead atoms. The third-order valence-electron chi connectivity index (χ3n) is 1.98. The van der Waals surface area contributed by atoms with E-state index >= 15 is 0 Å². The van der Waals surface area contributed by atoms with Gasteiger partial charge in [0, 0.05) is 40.6 Å². The van der Waals surface area contributed by atoms with Crippen LogP contribution >= 0.6 is 0 Å². The molecular weight excluding hydrogens is 238 g/mol. The molecule has 1 heterocycles. The second-order valence-electron chi connectivity index (χ2n) is 3.89. The Hall–Kier alpha value is -1.17. The Labute approximate surface area is 104 Å². The number of hydrogen-bond donors (Lipinski definition) is 1. The highest BCUT2D eigenvalue weighted by Crippen LogP contribution is 2.12. The number of anilines is 1. The number of nitrogens with zero attached hydrogens (tertiary/aromatic N) is 2. The predicted octanol–water partition coefficient (Wildman–Crippen LogP) is 1.36. The van der Waals surface area contributed by atoms with E-state index in [1.165, 1.54) is 0 Å². The number of hydrogen-bond acceptors (Lipinski definition) is 5. The fourth-order valence-corrected chi connectivity index (χ4v) is 2.23. The molecule has 2 atom stereocenters. The first-order valence-corrected chi connectivity index (χ1v) is 7.29. The minimum atomic E-state index is -0.833. The molecule has 17 heavy (non-hydrogen) atoms. The predicted molar refractivity (Wildman–Crippen MR) is 70.0 cm³/mol. The Morgan fingerprint density at radius 2 is 2.24 bits per heavy atom. The molecule has 1 aromatic heterocycles. The molecule has 0 aromatic carbocycles. The van der Waals surface area contributed by atoms with Crippen LogP contribution in [0, 0.1) is 6.92 Å². The lowest BCUT2D eigenvalue weighted by atomic mass is 10.4. The summed E-state index contributed by atoms with van der Waals surface area (Å²) in [6.45, 7) is 6.32. The number of rotatable bonds is 6. The number of aromatic nitrogens is 2. The van der Waals surface area contributed by atoms with Crippen LogP contribution < -0.4 is 10.1 Å². The van der Waals surface area contributed by atoms with Crippen molar-refractivity contribution < 1.29 is 8.95 Å². The maximum absolute atomic E-state index is 11.1. The van der Waals surface area contributed by atoms with E-state index in [1.54, 1.807) is 12.3 Å². The van der Waals surface area contributed by atoms with Crippen molar-refractivity contribution in [3.63, 3.8) is 0 Å². The highest BCUT2D eigenvalue weighted by Gasteiger charge is 2.08. The molecular formula is C11H19N3O2S. The molecule has 0 saturated heterocycles. The van der Waals surface area contributed by atoms with E-state index in [0.717, 1.165) is 5.69 Å². The average Bonchev–Trinajstić information content (AvgIpc) is 2.14. The van der Waals surface area contributed by atoms with Gasteiger partial charge in [-0.05, 0) is 20.8 Å². The van der Waals surface area contributed by atoms with Gasteiger partial charge in [0.25, 0.3) is 0 Å². The van der Waals surface area contributed by atoms with Gasteiger partial charge in [-0.25, -0.2) is 4.98 Å². The molecule has 0 aliphatic heterocycles. The van der Waals surface area contributed by atoms with E-state index in [2.05, 4.69) is 15.3 Å². The first-order chi connectivity index (χ1) is 8.01. The molecule has 5 nitrogen and oxygen atoms in total.